The van der Waals surface area contributed by atoms with Gasteiger partial charge in [0, 0.05) is 51.6 Å². The molecule has 1 fully saturated rings. The number of likely N-dealkylation sites (tertiary alicyclic amines) is 1. The molecule has 1 atom stereocenters. The van der Waals surface area contributed by atoms with E-state index in [9.17, 15) is 24.3 Å². The lowest BCUT2D eigenvalue weighted by molar-refractivity contribution is -0.136. The molecule has 296 valence electrons. The van der Waals surface area contributed by atoms with E-state index < -0.39 is 17.3 Å². The van der Waals surface area contributed by atoms with Crippen LogP contribution in [0.1, 0.15) is 103 Å². The number of ether oxygens (including phenoxy) is 1. The van der Waals surface area contributed by atoms with Crippen LogP contribution in [0.4, 0.5) is 4.79 Å². The zero-order chi connectivity index (χ0) is 39.6. The summed E-state index contributed by atoms with van der Waals surface area (Å²) < 4.78 is 8.30. The van der Waals surface area contributed by atoms with Crippen molar-refractivity contribution in [3.8, 4) is 11.3 Å². The lowest BCUT2D eigenvalue weighted by Crippen LogP contribution is -2.49. The molecule has 2 aromatic carbocycles. The molecule has 0 aliphatic carbocycles. The number of hydrogen-bond acceptors (Lipinski definition) is 8. The van der Waals surface area contributed by atoms with Gasteiger partial charge in [0.15, 0.2) is 5.52 Å². The predicted octanol–water partition coefficient (Wildman–Crippen LogP) is 5.83. The summed E-state index contributed by atoms with van der Waals surface area (Å²) in [5.74, 6) is 0.178. The van der Waals surface area contributed by atoms with Crippen molar-refractivity contribution in [3.05, 3.63) is 82.4 Å². The summed E-state index contributed by atoms with van der Waals surface area (Å²) in [6.07, 6.45) is 7.27. The Morgan fingerprint density at radius 3 is 2.29 bits per heavy atom. The Balaban J connectivity index is 1.06. The minimum atomic E-state index is -1.15. The average Bonchev–Trinajstić information content (AvgIpc) is 3.49. The Labute approximate surface area is 323 Å². The number of aliphatic hydroxyl groups is 1. The van der Waals surface area contributed by atoms with Gasteiger partial charge in [0.05, 0.1) is 24.2 Å². The fourth-order valence-corrected chi connectivity index (χ4v) is 6.98. The number of alkyl carbamates (subject to hydrolysis) is 1. The van der Waals surface area contributed by atoms with E-state index in [0.717, 1.165) is 48.8 Å². The highest BCUT2D eigenvalue weighted by molar-refractivity contribution is 5.89. The molecule has 13 heteroatoms. The van der Waals surface area contributed by atoms with Crippen LogP contribution in [0.3, 0.4) is 0 Å². The number of carbonyl (C=O) groups is 3. The van der Waals surface area contributed by atoms with Crippen molar-refractivity contribution in [2.45, 2.75) is 116 Å². The van der Waals surface area contributed by atoms with Crippen molar-refractivity contribution >= 4 is 28.9 Å². The summed E-state index contributed by atoms with van der Waals surface area (Å²) in [7, 11) is 1.77. The quantitative estimate of drug-likeness (QED) is 0.121. The van der Waals surface area contributed by atoms with Crippen LogP contribution < -0.4 is 16.2 Å². The second-order valence-electron chi connectivity index (χ2n) is 15.9. The maximum atomic E-state index is 13.6. The highest BCUT2D eigenvalue weighted by Gasteiger charge is 2.35. The molecule has 4 aromatic rings. The zero-order valence-electron chi connectivity index (χ0n) is 33.0. The van der Waals surface area contributed by atoms with Crippen LogP contribution in [0, 0.1) is 0 Å². The number of hydrogen-bond donors (Lipinski definition) is 3. The molecule has 1 aliphatic rings. The Kier molecular flexibility index (Phi) is 13.9. The normalized spacial score (nSPS) is 14.8. The number of rotatable bonds is 16. The highest BCUT2D eigenvalue weighted by atomic mass is 16.6. The molecule has 0 spiro atoms. The molecule has 0 saturated carbocycles. The second-order valence-corrected chi connectivity index (χ2v) is 15.9. The fourth-order valence-electron chi connectivity index (χ4n) is 6.98. The van der Waals surface area contributed by atoms with E-state index in [1.54, 1.807) is 11.7 Å². The monoisotopic (exact) mass is 755 g/mol. The van der Waals surface area contributed by atoms with Crippen LogP contribution in [0.15, 0.2) is 65.7 Å². The number of nitrogens with zero attached hydrogens (tertiary/aromatic N) is 5. The van der Waals surface area contributed by atoms with Crippen LogP contribution in [0.5, 0.6) is 0 Å². The third-order valence-corrected chi connectivity index (χ3v) is 10.1. The molecule has 3 N–H and O–H groups in total. The lowest BCUT2D eigenvalue weighted by atomic mass is 9.90. The van der Waals surface area contributed by atoms with Gasteiger partial charge < -0.3 is 25.4 Å². The van der Waals surface area contributed by atoms with Gasteiger partial charge in [-0.15, -0.1) is 0 Å². The number of nitrogens with one attached hydrogen (secondary N) is 2. The molecule has 0 unspecified atom stereocenters. The lowest BCUT2D eigenvalue weighted by Gasteiger charge is -2.38. The Bertz CT molecular complexity index is 1960. The number of aromatic nitrogens is 4. The minimum absolute atomic E-state index is 0.00551. The van der Waals surface area contributed by atoms with Gasteiger partial charge in [-0.1, -0.05) is 80.8 Å². The van der Waals surface area contributed by atoms with E-state index in [1.807, 2.05) is 80.3 Å². The van der Waals surface area contributed by atoms with Crippen molar-refractivity contribution in [2.24, 2.45) is 7.05 Å². The number of unbranched alkanes of at least 4 members (excludes halogenated alkanes) is 4. The first kappa shape index (κ1) is 41.1. The first-order chi connectivity index (χ1) is 26.2. The number of piperidine rings is 1. The third-order valence-electron chi connectivity index (χ3n) is 10.1. The predicted molar refractivity (Wildman–Crippen MR) is 212 cm³/mol. The van der Waals surface area contributed by atoms with E-state index >= 15 is 0 Å². The van der Waals surface area contributed by atoms with Gasteiger partial charge in [-0.2, -0.15) is 5.10 Å². The highest BCUT2D eigenvalue weighted by Crippen LogP contribution is 2.28. The van der Waals surface area contributed by atoms with Crippen molar-refractivity contribution < 1.29 is 24.2 Å². The average molecular weight is 756 g/mol. The van der Waals surface area contributed by atoms with E-state index in [2.05, 4.69) is 27.6 Å². The van der Waals surface area contributed by atoms with Crippen molar-refractivity contribution in [3.63, 3.8) is 0 Å². The topological polar surface area (TPSA) is 161 Å². The molecule has 3 heterocycles. The number of carbonyl (C=O) groups excluding carboxylic acids is 3. The SMILES string of the molecule is C[C@H](CC(=O)N1CCC(O)(Cn2cnc3c(-c4ccc(CNC(=O)CCCCCCCNC(=O)OC(C)(C)C)cc4)n(C)nc3c2=O)CC1)c1ccccc1. The Hall–Kier alpha value is -5.04. The summed E-state index contributed by atoms with van der Waals surface area (Å²) in [6, 6.07) is 17.7. The molecule has 55 heavy (non-hydrogen) atoms. The summed E-state index contributed by atoms with van der Waals surface area (Å²) in [5, 5.41) is 21.7. The maximum absolute atomic E-state index is 13.6. The third kappa shape index (κ3) is 11.7. The van der Waals surface area contributed by atoms with E-state index in [-0.39, 0.29) is 35.4 Å². The van der Waals surface area contributed by atoms with E-state index in [1.165, 1.54) is 10.9 Å². The van der Waals surface area contributed by atoms with Gasteiger partial charge >= 0.3 is 6.09 Å². The van der Waals surface area contributed by atoms with Gasteiger partial charge in [-0.25, -0.2) is 9.78 Å². The number of aryl methyl sites for hydroxylation is 1. The van der Waals surface area contributed by atoms with Gasteiger partial charge in [0.25, 0.3) is 5.56 Å². The smallest absolute Gasteiger partial charge is 0.407 e. The van der Waals surface area contributed by atoms with Crippen LogP contribution in [0.2, 0.25) is 0 Å². The second kappa shape index (κ2) is 18.5. The molecular formula is C42H57N7O6. The molecule has 5 rings (SSSR count). The first-order valence-corrected chi connectivity index (χ1v) is 19.5. The van der Waals surface area contributed by atoms with Crippen molar-refractivity contribution in [1.29, 1.82) is 0 Å². The molecule has 1 aliphatic heterocycles. The van der Waals surface area contributed by atoms with Gasteiger partial charge in [-0.05, 0) is 63.5 Å². The van der Waals surface area contributed by atoms with Crippen LogP contribution in [0.25, 0.3) is 22.3 Å². The first-order valence-electron chi connectivity index (χ1n) is 19.5. The molecule has 0 radical (unpaired) electrons. The largest absolute Gasteiger partial charge is 0.444 e. The van der Waals surface area contributed by atoms with Crippen LogP contribution in [-0.2, 0) is 34.5 Å². The molecular weight excluding hydrogens is 699 g/mol. The molecule has 13 nitrogen and oxygen atoms in total. The van der Waals surface area contributed by atoms with Gasteiger partial charge in [-0.3, -0.25) is 23.6 Å². The molecule has 0 bridgehead atoms. The van der Waals surface area contributed by atoms with E-state index in [4.69, 9.17) is 4.74 Å². The number of fused-ring (bicyclic) bond motifs is 1. The van der Waals surface area contributed by atoms with E-state index in [0.29, 0.717) is 63.1 Å². The number of amides is 3. The van der Waals surface area contributed by atoms with Crippen LogP contribution in [-0.4, -0.2) is 78.1 Å². The molecule has 2 aromatic heterocycles. The Morgan fingerprint density at radius 1 is 0.927 bits per heavy atom. The molecule has 3 amide bonds. The molecule has 1 saturated heterocycles. The summed E-state index contributed by atoms with van der Waals surface area (Å²) >= 11 is 0. The number of benzene rings is 2. The summed E-state index contributed by atoms with van der Waals surface area (Å²) in [4.78, 5) is 57.2. The van der Waals surface area contributed by atoms with Crippen molar-refractivity contribution in [2.75, 3.05) is 19.6 Å². The minimum Gasteiger partial charge on any atom is -0.444 e. The van der Waals surface area contributed by atoms with Gasteiger partial charge in [0.1, 0.15) is 11.1 Å². The standard InChI is InChI=1S/C42H57N7O6/c1-30(32-14-10-9-11-15-32)26-35(51)48-24-21-42(54,22-25-48)28-49-29-45-36-37(39(49)52)46-47(5)38(36)33-19-17-31(18-20-33)27-44-34(50)16-12-7-6-8-13-23-43-40(53)55-41(2,3)4/h9-11,14-15,17-20,29-30,54H,6-8,12-13,16,21-28H2,1-5H3,(H,43,53)(H,44,50)/t30-/m1/s1. The van der Waals surface area contributed by atoms with Crippen LogP contribution >= 0.6 is 0 Å². The summed E-state index contributed by atoms with van der Waals surface area (Å²) in [5.41, 5.74) is 2.33. The fraction of sp³-hybridized carbons (Fsp3) is 0.524. The van der Waals surface area contributed by atoms with Gasteiger partial charge in [0.2, 0.25) is 11.8 Å². The van der Waals surface area contributed by atoms with Crippen molar-refractivity contribution in [1.82, 2.24) is 34.9 Å². The summed E-state index contributed by atoms with van der Waals surface area (Å²) in [6.45, 7) is 9.46. The maximum Gasteiger partial charge on any atom is 0.407 e. The zero-order valence-corrected chi connectivity index (χ0v) is 33.0. The Morgan fingerprint density at radius 2 is 1.60 bits per heavy atom.